The Labute approximate surface area is 187 Å². The van der Waals surface area contributed by atoms with E-state index in [4.69, 9.17) is 32.7 Å². The van der Waals surface area contributed by atoms with E-state index in [0.717, 1.165) is 16.7 Å². The lowest BCUT2D eigenvalue weighted by Gasteiger charge is -2.13. The number of hydrogen-bond donors (Lipinski definition) is 0. The predicted molar refractivity (Wildman–Crippen MR) is 117 cm³/mol. The summed E-state index contributed by atoms with van der Waals surface area (Å²) in [6.07, 6.45) is 1.59. The first-order valence-electron chi connectivity index (χ1n) is 8.93. The summed E-state index contributed by atoms with van der Waals surface area (Å²) in [6, 6.07) is 9.79. The molecule has 30 heavy (non-hydrogen) atoms. The van der Waals surface area contributed by atoms with E-state index in [2.05, 4.69) is 0 Å². The van der Waals surface area contributed by atoms with Crippen molar-refractivity contribution < 1.29 is 23.9 Å². The molecule has 1 saturated heterocycles. The number of benzene rings is 2. The lowest BCUT2D eigenvalue weighted by Crippen LogP contribution is -2.27. The molecule has 0 spiro atoms. The van der Waals surface area contributed by atoms with E-state index in [0.29, 0.717) is 33.5 Å². The molecule has 1 heterocycles. The Kier molecular flexibility index (Phi) is 7.07. The van der Waals surface area contributed by atoms with Crippen LogP contribution in [0.1, 0.15) is 25.0 Å². The van der Waals surface area contributed by atoms with E-state index in [1.807, 2.05) is 0 Å². The van der Waals surface area contributed by atoms with Crippen LogP contribution in [0.2, 0.25) is 10.0 Å². The van der Waals surface area contributed by atoms with Crippen molar-refractivity contribution in [3.05, 3.63) is 62.5 Å². The van der Waals surface area contributed by atoms with Crippen LogP contribution in [-0.4, -0.2) is 28.6 Å². The summed E-state index contributed by atoms with van der Waals surface area (Å²) in [7, 11) is 0. The van der Waals surface area contributed by atoms with Gasteiger partial charge in [-0.3, -0.25) is 19.3 Å². The van der Waals surface area contributed by atoms with Crippen molar-refractivity contribution in [2.24, 2.45) is 0 Å². The SMILES string of the molecule is CCOc1cc(/C=C2/SC(=O)N(Cc3ccc(Cl)cc3Cl)C2=O)ccc1OC(C)=O. The highest BCUT2D eigenvalue weighted by Gasteiger charge is 2.35. The molecule has 6 nitrogen and oxygen atoms in total. The highest BCUT2D eigenvalue weighted by atomic mass is 35.5. The van der Waals surface area contributed by atoms with Gasteiger partial charge < -0.3 is 9.47 Å². The maximum atomic E-state index is 12.8. The van der Waals surface area contributed by atoms with Crippen LogP contribution in [0, 0.1) is 0 Å². The van der Waals surface area contributed by atoms with Crippen LogP contribution in [0.25, 0.3) is 6.08 Å². The molecular weight excluding hydrogens is 449 g/mol. The molecule has 2 aromatic rings. The zero-order valence-corrected chi connectivity index (χ0v) is 18.4. The van der Waals surface area contributed by atoms with E-state index < -0.39 is 11.9 Å². The standard InChI is InChI=1S/C21H17Cl2NO5S/c1-3-28-18-8-13(4-7-17(18)29-12(2)25)9-19-20(26)24(21(27)30-19)11-14-5-6-15(22)10-16(14)23/h4-10H,3,11H2,1-2H3/b19-9+. The molecule has 0 aromatic heterocycles. The van der Waals surface area contributed by atoms with E-state index in [-0.39, 0.29) is 22.4 Å². The summed E-state index contributed by atoms with van der Waals surface area (Å²) in [5, 5.41) is 0.465. The van der Waals surface area contributed by atoms with Crippen LogP contribution in [0.5, 0.6) is 11.5 Å². The van der Waals surface area contributed by atoms with Crippen molar-refractivity contribution in [1.29, 1.82) is 0 Å². The maximum Gasteiger partial charge on any atom is 0.308 e. The highest BCUT2D eigenvalue weighted by Crippen LogP contribution is 2.36. The first kappa shape index (κ1) is 22.2. The fraction of sp³-hybridized carbons (Fsp3) is 0.190. The molecule has 1 aliphatic rings. The smallest absolute Gasteiger partial charge is 0.308 e. The average molecular weight is 466 g/mol. The van der Waals surface area contributed by atoms with E-state index in [9.17, 15) is 14.4 Å². The van der Waals surface area contributed by atoms with Gasteiger partial charge in [0.05, 0.1) is 18.1 Å². The topological polar surface area (TPSA) is 72.9 Å². The van der Waals surface area contributed by atoms with Crippen LogP contribution in [0.15, 0.2) is 41.3 Å². The monoisotopic (exact) mass is 465 g/mol. The molecule has 0 bridgehead atoms. The summed E-state index contributed by atoms with van der Waals surface area (Å²) >= 11 is 12.9. The summed E-state index contributed by atoms with van der Waals surface area (Å²) in [5.74, 6) is -0.232. The van der Waals surface area contributed by atoms with Crippen LogP contribution in [0.4, 0.5) is 4.79 Å². The Balaban J connectivity index is 1.84. The van der Waals surface area contributed by atoms with E-state index >= 15 is 0 Å². The number of nitrogens with zero attached hydrogens (tertiary/aromatic N) is 1. The number of ether oxygens (including phenoxy) is 2. The van der Waals surface area contributed by atoms with Gasteiger partial charge in [-0.1, -0.05) is 35.3 Å². The van der Waals surface area contributed by atoms with Crippen LogP contribution in [-0.2, 0) is 16.1 Å². The number of carbonyl (C=O) groups is 3. The number of hydrogen-bond acceptors (Lipinski definition) is 6. The van der Waals surface area contributed by atoms with Gasteiger partial charge in [0.1, 0.15) is 0 Å². The Morgan fingerprint density at radius 1 is 1.13 bits per heavy atom. The Morgan fingerprint density at radius 3 is 2.57 bits per heavy atom. The molecule has 2 amide bonds. The average Bonchev–Trinajstić information content (AvgIpc) is 2.93. The van der Waals surface area contributed by atoms with Crippen molar-refractivity contribution in [3.63, 3.8) is 0 Å². The molecular formula is C21H17Cl2NO5S. The summed E-state index contributed by atoms with van der Waals surface area (Å²) in [5.41, 5.74) is 1.25. The molecule has 0 radical (unpaired) electrons. The predicted octanol–water partition coefficient (Wildman–Crippen LogP) is 5.55. The van der Waals surface area contributed by atoms with Gasteiger partial charge in [-0.05, 0) is 60.2 Å². The number of esters is 1. The molecule has 0 saturated carbocycles. The molecule has 0 N–H and O–H groups in total. The van der Waals surface area contributed by atoms with Crippen molar-refractivity contribution in [1.82, 2.24) is 4.90 Å². The second-order valence-electron chi connectivity index (χ2n) is 6.24. The number of imide groups is 1. The summed E-state index contributed by atoms with van der Waals surface area (Å²) in [4.78, 5) is 37.8. The third kappa shape index (κ3) is 5.16. The first-order chi connectivity index (χ1) is 14.3. The Hall–Kier alpha value is -2.48. The van der Waals surface area contributed by atoms with E-state index in [1.165, 1.54) is 6.92 Å². The number of carbonyl (C=O) groups excluding carboxylic acids is 3. The second-order valence-corrected chi connectivity index (χ2v) is 8.07. The third-order valence-electron chi connectivity index (χ3n) is 4.04. The molecule has 0 aliphatic carbocycles. The van der Waals surface area contributed by atoms with Gasteiger partial charge in [0.15, 0.2) is 11.5 Å². The zero-order valence-electron chi connectivity index (χ0n) is 16.1. The van der Waals surface area contributed by atoms with Gasteiger partial charge in [0.25, 0.3) is 11.1 Å². The van der Waals surface area contributed by atoms with Crippen LogP contribution < -0.4 is 9.47 Å². The third-order valence-corrected chi connectivity index (χ3v) is 5.53. The van der Waals surface area contributed by atoms with Crippen LogP contribution in [0.3, 0.4) is 0 Å². The minimum Gasteiger partial charge on any atom is -0.490 e. The quantitative estimate of drug-likeness (QED) is 0.316. The molecule has 0 atom stereocenters. The molecule has 3 rings (SSSR count). The molecule has 2 aromatic carbocycles. The van der Waals surface area contributed by atoms with Gasteiger partial charge in [-0.25, -0.2) is 0 Å². The number of rotatable bonds is 6. The highest BCUT2D eigenvalue weighted by molar-refractivity contribution is 8.18. The van der Waals surface area contributed by atoms with Crippen LogP contribution >= 0.6 is 35.0 Å². The van der Waals surface area contributed by atoms with Crippen molar-refractivity contribution in [2.45, 2.75) is 20.4 Å². The minimum atomic E-state index is -0.467. The van der Waals surface area contributed by atoms with Gasteiger partial charge in [-0.15, -0.1) is 0 Å². The lowest BCUT2D eigenvalue weighted by molar-refractivity contribution is -0.132. The molecule has 1 aliphatic heterocycles. The minimum absolute atomic E-state index is 0.0492. The molecule has 1 fully saturated rings. The summed E-state index contributed by atoms with van der Waals surface area (Å²) < 4.78 is 10.6. The fourth-order valence-electron chi connectivity index (χ4n) is 2.73. The Morgan fingerprint density at radius 2 is 1.90 bits per heavy atom. The summed E-state index contributed by atoms with van der Waals surface area (Å²) in [6.45, 7) is 3.52. The maximum absolute atomic E-state index is 12.8. The van der Waals surface area contributed by atoms with Crippen molar-refractivity contribution in [2.75, 3.05) is 6.61 Å². The lowest BCUT2D eigenvalue weighted by atomic mass is 10.1. The number of amides is 2. The van der Waals surface area contributed by atoms with Gasteiger partial charge in [0.2, 0.25) is 0 Å². The first-order valence-corrected chi connectivity index (χ1v) is 10.5. The molecule has 156 valence electrons. The normalized spacial score (nSPS) is 15.1. The van der Waals surface area contributed by atoms with E-state index in [1.54, 1.807) is 49.4 Å². The van der Waals surface area contributed by atoms with Gasteiger partial charge in [0, 0.05) is 17.0 Å². The molecule has 0 unspecified atom stereocenters. The largest absolute Gasteiger partial charge is 0.490 e. The zero-order chi connectivity index (χ0) is 21.8. The number of thioether (sulfide) groups is 1. The van der Waals surface area contributed by atoms with Gasteiger partial charge >= 0.3 is 5.97 Å². The Bertz CT molecular complexity index is 1050. The fourth-order valence-corrected chi connectivity index (χ4v) is 4.04. The van der Waals surface area contributed by atoms with Crippen molar-refractivity contribution in [3.8, 4) is 11.5 Å². The second kappa shape index (κ2) is 9.55. The number of halogens is 2. The molecule has 9 heteroatoms. The van der Waals surface area contributed by atoms with Gasteiger partial charge in [-0.2, -0.15) is 0 Å². The van der Waals surface area contributed by atoms with Crippen molar-refractivity contribution >= 4 is 58.2 Å².